The average molecular weight is 264 g/mol. The minimum absolute atomic E-state index is 0.0538. The number of nitrogens with two attached hydrogens (primary N) is 1. The molecule has 1 aromatic carbocycles. The Balaban J connectivity index is 2.32. The van der Waals surface area contributed by atoms with Crippen molar-refractivity contribution in [1.82, 2.24) is 0 Å². The number of rotatable bonds is 3. The topological polar surface area (TPSA) is 29.3 Å². The molecule has 0 saturated carbocycles. The van der Waals surface area contributed by atoms with Crippen molar-refractivity contribution in [1.29, 1.82) is 0 Å². The monoisotopic (exact) mass is 264 g/mol. The molecule has 1 aliphatic heterocycles. The van der Waals surface area contributed by atoms with Crippen LogP contribution in [0.25, 0.3) is 0 Å². The largest absolute Gasteiger partial charge is 0.368 e. The predicted octanol–water partition coefficient (Wildman–Crippen LogP) is 3.34. The quantitative estimate of drug-likeness (QED) is 0.907. The fraction of sp³-hybridized carbons (Fsp3) is 0.625. The molecule has 0 amide bonds. The van der Waals surface area contributed by atoms with Crippen molar-refractivity contribution in [2.24, 2.45) is 11.7 Å². The van der Waals surface area contributed by atoms with Crippen molar-refractivity contribution >= 4 is 5.69 Å². The van der Waals surface area contributed by atoms with Crippen LogP contribution >= 0.6 is 0 Å². The summed E-state index contributed by atoms with van der Waals surface area (Å²) >= 11 is 0. The minimum Gasteiger partial charge on any atom is -0.368 e. The van der Waals surface area contributed by atoms with Crippen LogP contribution in [0.3, 0.4) is 0 Å². The highest BCUT2D eigenvalue weighted by molar-refractivity contribution is 5.55. The van der Waals surface area contributed by atoms with Crippen LogP contribution < -0.4 is 10.6 Å². The maximum Gasteiger partial charge on any atom is 0.123 e. The number of halogens is 1. The fourth-order valence-corrected chi connectivity index (χ4v) is 3.02. The molecular formula is C16H25FN2. The van der Waals surface area contributed by atoms with Gasteiger partial charge in [0.2, 0.25) is 0 Å². The van der Waals surface area contributed by atoms with E-state index in [1.165, 1.54) is 12.8 Å². The Morgan fingerprint density at radius 1 is 1.42 bits per heavy atom. The van der Waals surface area contributed by atoms with E-state index in [4.69, 9.17) is 5.73 Å². The van der Waals surface area contributed by atoms with E-state index < -0.39 is 0 Å². The molecule has 0 bridgehead atoms. The molecule has 19 heavy (non-hydrogen) atoms. The van der Waals surface area contributed by atoms with Crippen LogP contribution in [0.4, 0.5) is 10.1 Å². The highest BCUT2D eigenvalue weighted by Crippen LogP contribution is 2.31. The first-order chi connectivity index (χ1) is 8.99. The van der Waals surface area contributed by atoms with Gasteiger partial charge in [0.05, 0.1) is 0 Å². The van der Waals surface area contributed by atoms with Gasteiger partial charge in [0, 0.05) is 24.3 Å². The lowest BCUT2D eigenvalue weighted by molar-refractivity contribution is 0.363. The maximum atomic E-state index is 13.5. The average Bonchev–Trinajstić information content (AvgIpc) is 2.33. The first-order valence-corrected chi connectivity index (χ1v) is 7.29. The summed E-state index contributed by atoms with van der Waals surface area (Å²) in [5, 5.41) is 0. The van der Waals surface area contributed by atoms with E-state index in [0.717, 1.165) is 24.2 Å². The number of piperidine rings is 1. The van der Waals surface area contributed by atoms with Crippen LogP contribution in [0.15, 0.2) is 18.2 Å². The van der Waals surface area contributed by atoms with Gasteiger partial charge in [0.1, 0.15) is 5.82 Å². The molecule has 1 aromatic rings. The third-order valence-electron chi connectivity index (χ3n) is 4.27. The number of hydrogen-bond donors (Lipinski definition) is 1. The van der Waals surface area contributed by atoms with Gasteiger partial charge in [-0.05, 0) is 62.8 Å². The van der Waals surface area contributed by atoms with E-state index in [9.17, 15) is 4.39 Å². The molecule has 1 aliphatic rings. The molecule has 3 atom stereocenters. The van der Waals surface area contributed by atoms with Crippen LogP contribution in [0.5, 0.6) is 0 Å². The molecule has 2 rings (SSSR count). The van der Waals surface area contributed by atoms with Gasteiger partial charge in [-0.25, -0.2) is 4.39 Å². The number of anilines is 1. The van der Waals surface area contributed by atoms with Gasteiger partial charge in [0.15, 0.2) is 0 Å². The van der Waals surface area contributed by atoms with Crippen LogP contribution in [-0.4, -0.2) is 18.6 Å². The molecule has 106 valence electrons. The maximum absolute atomic E-state index is 13.5. The molecular weight excluding hydrogens is 239 g/mol. The molecule has 1 heterocycles. The second-order valence-electron chi connectivity index (χ2n) is 6.01. The SMILES string of the molecule is CC(N)Cc1cc(F)ccc1N1CCCC(C)C1C. The van der Waals surface area contributed by atoms with E-state index in [2.05, 4.69) is 18.7 Å². The van der Waals surface area contributed by atoms with Gasteiger partial charge >= 0.3 is 0 Å². The summed E-state index contributed by atoms with van der Waals surface area (Å²) in [6.07, 6.45) is 3.21. The summed E-state index contributed by atoms with van der Waals surface area (Å²) in [4.78, 5) is 2.42. The van der Waals surface area contributed by atoms with Crippen molar-refractivity contribution in [3.63, 3.8) is 0 Å². The zero-order valence-corrected chi connectivity index (χ0v) is 12.2. The van der Waals surface area contributed by atoms with Crippen LogP contribution in [0.1, 0.15) is 39.2 Å². The molecule has 2 N–H and O–H groups in total. The summed E-state index contributed by atoms with van der Waals surface area (Å²) in [6, 6.07) is 5.68. The molecule has 1 fully saturated rings. The highest BCUT2D eigenvalue weighted by atomic mass is 19.1. The summed E-state index contributed by atoms with van der Waals surface area (Å²) in [5.41, 5.74) is 8.10. The Morgan fingerprint density at radius 3 is 2.84 bits per heavy atom. The molecule has 0 radical (unpaired) electrons. The number of nitrogens with zero attached hydrogens (tertiary/aromatic N) is 1. The molecule has 0 aromatic heterocycles. The van der Waals surface area contributed by atoms with Crippen LogP contribution in [-0.2, 0) is 6.42 Å². The van der Waals surface area contributed by atoms with Gasteiger partial charge in [0.25, 0.3) is 0 Å². The molecule has 0 aliphatic carbocycles. The summed E-state index contributed by atoms with van der Waals surface area (Å²) in [7, 11) is 0. The first kappa shape index (κ1) is 14.3. The third kappa shape index (κ3) is 3.27. The smallest absolute Gasteiger partial charge is 0.123 e. The van der Waals surface area contributed by atoms with Gasteiger partial charge < -0.3 is 10.6 Å². The second-order valence-corrected chi connectivity index (χ2v) is 6.01. The van der Waals surface area contributed by atoms with Gasteiger partial charge in [-0.3, -0.25) is 0 Å². The fourth-order valence-electron chi connectivity index (χ4n) is 3.02. The standard InChI is InChI=1S/C16H25FN2/c1-11-5-4-8-19(13(11)3)16-7-6-15(17)10-14(16)9-12(2)18/h6-7,10-13H,4-5,8-9,18H2,1-3H3. The van der Waals surface area contributed by atoms with Crippen molar-refractivity contribution in [2.45, 2.75) is 52.1 Å². The number of hydrogen-bond acceptors (Lipinski definition) is 2. The Morgan fingerprint density at radius 2 is 2.16 bits per heavy atom. The van der Waals surface area contributed by atoms with Crippen LogP contribution in [0.2, 0.25) is 0 Å². The molecule has 3 heteroatoms. The van der Waals surface area contributed by atoms with E-state index in [1.54, 1.807) is 12.1 Å². The third-order valence-corrected chi connectivity index (χ3v) is 4.27. The zero-order chi connectivity index (χ0) is 14.0. The van der Waals surface area contributed by atoms with Crippen LogP contribution in [0, 0.1) is 11.7 Å². The Labute approximate surface area is 115 Å². The highest BCUT2D eigenvalue weighted by Gasteiger charge is 2.26. The van der Waals surface area contributed by atoms with E-state index >= 15 is 0 Å². The minimum atomic E-state index is -0.169. The predicted molar refractivity (Wildman–Crippen MR) is 79.0 cm³/mol. The Bertz CT molecular complexity index is 431. The molecule has 3 unspecified atom stereocenters. The first-order valence-electron chi connectivity index (χ1n) is 7.29. The molecule has 0 spiro atoms. The lowest BCUT2D eigenvalue weighted by atomic mass is 9.90. The van der Waals surface area contributed by atoms with Gasteiger partial charge in [-0.2, -0.15) is 0 Å². The summed E-state index contributed by atoms with van der Waals surface area (Å²) < 4.78 is 13.5. The molecule has 1 saturated heterocycles. The Kier molecular flexibility index (Phi) is 4.46. The number of benzene rings is 1. The zero-order valence-electron chi connectivity index (χ0n) is 12.2. The Hall–Kier alpha value is -1.09. The van der Waals surface area contributed by atoms with Crippen molar-refractivity contribution in [3.8, 4) is 0 Å². The van der Waals surface area contributed by atoms with E-state index in [-0.39, 0.29) is 11.9 Å². The van der Waals surface area contributed by atoms with Crippen molar-refractivity contribution in [3.05, 3.63) is 29.6 Å². The van der Waals surface area contributed by atoms with Gasteiger partial charge in [-0.15, -0.1) is 0 Å². The van der Waals surface area contributed by atoms with E-state index in [1.807, 2.05) is 13.0 Å². The summed E-state index contributed by atoms with van der Waals surface area (Å²) in [6.45, 7) is 7.59. The lowest BCUT2D eigenvalue weighted by Crippen LogP contribution is -2.43. The van der Waals surface area contributed by atoms with Crippen molar-refractivity contribution < 1.29 is 4.39 Å². The van der Waals surface area contributed by atoms with Gasteiger partial charge in [-0.1, -0.05) is 6.92 Å². The normalized spacial score (nSPS) is 25.4. The van der Waals surface area contributed by atoms with E-state index in [0.29, 0.717) is 12.0 Å². The van der Waals surface area contributed by atoms with Crippen molar-refractivity contribution in [2.75, 3.05) is 11.4 Å². The summed E-state index contributed by atoms with van der Waals surface area (Å²) in [5.74, 6) is 0.513. The molecule has 2 nitrogen and oxygen atoms in total. The second kappa shape index (κ2) is 5.91. The lowest BCUT2D eigenvalue weighted by Gasteiger charge is -2.40.